The fourth-order valence-corrected chi connectivity index (χ4v) is 2.11. The smallest absolute Gasteiger partial charge is 0.237 e. The number of hydrogen-bond donors (Lipinski definition) is 2. The Kier molecular flexibility index (Phi) is 5.36. The molecule has 1 rings (SSSR count). The standard InChI is InChI=1S/C12H25N3O2/c1-10(2)14-12(3,11(13)16)4-5-15-6-8-17-9-7-15/h10,14H,4-9H2,1-3H3,(H2,13,16). The van der Waals surface area contributed by atoms with E-state index in [1.165, 1.54) is 0 Å². The number of morpholine rings is 1. The lowest BCUT2D eigenvalue weighted by atomic mass is 9.95. The van der Waals surface area contributed by atoms with Crippen molar-refractivity contribution in [1.29, 1.82) is 0 Å². The van der Waals surface area contributed by atoms with E-state index in [0.29, 0.717) is 0 Å². The highest BCUT2D eigenvalue weighted by Gasteiger charge is 2.31. The van der Waals surface area contributed by atoms with Gasteiger partial charge in [-0.1, -0.05) is 0 Å². The van der Waals surface area contributed by atoms with Gasteiger partial charge in [-0.25, -0.2) is 0 Å². The van der Waals surface area contributed by atoms with Crippen LogP contribution in [-0.2, 0) is 9.53 Å². The lowest BCUT2D eigenvalue weighted by Crippen LogP contribution is -2.57. The Morgan fingerprint density at radius 1 is 1.47 bits per heavy atom. The Morgan fingerprint density at radius 2 is 2.06 bits per heavy atom. The lowest BCUT2D eigenvalue weighted by molar-refractivity contribution is -0.124. The molecule has 5 heteroatoms. The Balaban J connectivity index is 2.45. The summed E-state index contributed by atoms with van der Waals surface area (Å²) in [5, 5.41) is 3.26. The highest BCUT2D eigenvalue weighted by molar-refractivity contribution is 5.84. The van der Waals surface area contributed by atoms with Crippen molar-refractivity contribution in [1.82, 2.24) is 10.2 Å². The predicted octanol–water partition coefficient (Wildman–Crippen LogP) is -0.0493. The second-order valence-corrected chi connectivity index (χ2v) is 5.20. The number of rotatable bonds is 6. The summed E-state index contributed by atoms with van der Waals surface area (Å²) in [6, 6.07) is 0.247. The van der Waals surface area contributed by atoms with Crippen LogP contribution in [0.2, 0.25) is 0 Å². The maximum atomic E-state index is 11.5. The van der Waals surface area contributed by atoms with Crippen LogP contribution in [0.25, 0.3) is 0 Å². The van der Waals surface area contributed by atoms with Crippen LogP contribution in [0.4, 0.5) is 0 Å². The number of carbonyl (C=O) groups is 1. The molecule has 0 aromatic carbocycles. The second kappa shape index (κ2) is 6.33. The molecule has 0 aliphatic carbocycles. The van der Waals surface area contributed by atoms with E-state index in [4.69, 9.17) is 10.5 Å². The summed E-state index contributed by atoms with van der Waals surface area (Å²) >= 11 is 0. The fourth-order valence-electron chi connectivity index (χ4n) is 2.11. The van der Waals surface area contributed by atoms with Gasteiger partial charge in [0.15, 0.2) is 0 Å². The summed E-state index contributed by atoms with van der Waals surface area (Å²) in [7, 11) is 0. The van der Waals surface area contributed by atoms with Gasteiger partial charge >= 0.3 is 0 Å². The van der Waals surface area contributed by atoms with Crippen LogP contribution in [0.5, 0.6) is 0 Å². The molecule has 1 fully saturated rings. The van der Waals surface area contributed by atoms with Crippen molar-refractivity contribution < 1.29 is 9.53 Å². The normalized spacial score (nSPS) is 21.4. The van der Waals surface area contributed by atoms with E-state index < -0.39 is 5.54 Å². The molecule has 0 saturated carbocycles. The van der Waals surface area contributed by atoms with Gasteiger partial charge in [-0.3, -0.25) is 9.69 Å². The molecule has 1 heterocycles. The molecule has 100 valence electrons. The summed E-state index contributed by atoms with van der Waals surface area (Å²) < 4.78 is 5.29. The molecule has 1 unspecified atom stereocenters. The van der Waals surface area contributed by atoms with E-state index in [0.717, 1.165) is 39.3 Å². The third-order valence-electron chi connectivity index (χ3n) is 3.18. The summed E-state index contributed by atoms with van der Waals surface area (Å²) in [6.07, 6.45) is 0.737. The van der Waals surface area contributed by atoms with E-state index in [2.05, 4.69) is 10.2 Å². The molecule has 3 N–H and O–H groups in total. The van der Waals surface area contributed by atoms with Gasteiger partial charge in [-0.15, -0.1) is 0 Å². The van der Waals surface area contributed by atoms with Crippen molar-refractivity contribution in [2.75, 3.05) is 32.8 Å². The zero-order valence-electron chi connectivity index (χ0n) is 11.2. The lowest BCUT2D eigenvalue weighted by Gasteiger charge is -2.33. The molecule has 0 spiro atoms. The van der Waals surface area contributed by atoms with Crippen molar-refractivity contribution >= 4 is 5.91 Å². The first-order valence-electron chi connectivity index (χ1n) is 6.32. The molecule has 0 bridgehead atoms. The molecule has 0 aromatic rings. The third kappa shape index (κ3) is 4.61. The van der Waals surface area contributed by atoms with Gasteiger partial charge < -0.3 is 15.8 Å². The number of hydrogen-bond acceptors (Lipinski definition) is 4. The summed E-state index contributed by atoms with van der Waals surface area (Å²) in [6.45, 7) is 10.3. The first kappa shape index (κ1) is 14.4. The minimum atomic E-state index is -0.619. The quantitative estimate of drug-likeness (QED) is 0.686. The third-order valence-corrected chi connectivity index (χ3v) is 3.18. The van der Waals surface area contributed by atoms with Crippen LogP contribution in [-0.4, -0.2) is 55.2 Å². The van der Waals surface area contributed by atoms with Gasteiger partial charge in [0, 0.05) is 25.7 Å². The number of nitrogens with zero attached hydrogens (tertiary/aromatic N) is 1. The topological polar surface area (TPSA) is 67.6 Å². The van der Waals surface area contributed by atoms with Crippen molar-refractivity contribution in [3.05, 3.63) is 0 Å². The number of carbonyl (C=O) groups excluding carboxylic acids is 1. The zero-order valence-corrected chi connectivity index (χ0v) is 11.2. The van der Waals surface area contributed by atoms with Gasteiger partial charge in [0.05, 0.1) is 18.8 Å². The van der Waals surface area contributed by atoms with E-state index >= 15 is 0 Å². The van der Waals surface area contributed by atoms with Crippen molar-refractivity contribution in [2.45, 2.75) is 38.8 Å². The van der Waals surface area contributed by atoms with E-state index in [9.17, 15) is 4.79 Å². The van der Waals surface area contributed by atoms with E-state index in [1.807, 2.05) is 20.8 Å². The zero-order chi connectivity index (χ0) is 12.9. The average molecular weight is 243 g/mol. The molecule has 0 aromatic heterocycles. The largest absolute Gasteiger partial charge is 0.379 e. The highest BCUT2D eigenvalue weighted by atomic mass is 16.5. The Hall–Kier alpha value is -0.650. The van der Waals surface area contributed by atoms with E-state index in [1.54, 1.807) is 0 Å². The summed E-state index contributed by atoms with van der Waals surface area (Å²) in [5.41, 5.74) is 4.87. The number of ether oxygens (including phenoxy) is 1. The average Bonchev–Trinajstić information content (AvgIpc) is 2.27. The molecule has 1 atom stereocenters. The first-order chi connectivity index (χ1) is 7.94. The molecular weight excluding hydrogens is 218 g/mol. The first-order valence-corrected chi connectivity index (χ1v) is 6.32. The van der Waals surface area contributed by atoms with Gasteiger partial charge in [0.1, 0.15) is 0 Å². The fraction of sp³-hybridized carbons (Fsp3) is 0.917. The van der Waals surface area contributed by atoms with Crippen LogP contribution >= 0.6 is 0 Å². The van der Waals surface area contributed by atoms with Gasteiger partial charge in [0.2, 0.25) is 5.91 Å². The van der Waals surface area contributed by atoms with Crippen LogP contribution in [0.3, 0.4) is 0 Å². The van der Waals surface area contributed by atoms with Crippen molar-refractivity contribution in [2.24, 2.45) is 5.73 Å². The van der Waals surface area contributed by atoms with Gasteiger partial charge in [-0.05, 0) is 27.2 Å². The number of amides is 1. The molecule has 0 radical (unpaired) electrons. The molecule has 1 aliphatic rings. The Morgan fingerprint density at radius 3 is 2.53 bits per heavy atom. The van der Waals surface area contributed by atoms with Crippen molar-refractivity contribution in [3.63, 3.8) is 0 Å². The van der Waals surface area contributed by atoms with Crippen LogP contribution in [0.1, 0.15) is 27.2 Å². The monoisotopic (exact) mass is 243 g/mol. The maximum absolute atomic E-state index is 11.5. The number of nitrogens with two attached hydrogens (primary N) is 1. The summed E-state index contributed by atoms with van der Waals surface area (Å²) in [4.78, 5) is 13.9. The summed E-state index contributed by atoms with van der Waals surface area (Å²) in [5.74, 6) is -0.278. The molecule has 1 aliphatic heterocycles. The van der Waals surface area contributed by atoms with Gasteiger partial charge in [-0.2, -0.15) is 0 Å². The Bertz CT molecular complexity index is 252. The van der Waals surface area contributed by atoms with Crippen LogP contribution < -0.4 is 11.1 Å². The highest BCUT2D eigenvalue weighted by Crippen LogP contribution is 2.12. The predicted molar refractivity (Wildman–Crippen MR) is 67.7 cm³/mol. The second-order valence-electron chi connectivity index (χ2n) is 5.20. The molecular formula is C12H25N3O2. The molecule has 1 amide bonds. The number of nitrogens with one attached hydrogen (secondary N) is 1. The van der Waals surface area contributed by atoms with Crippen molar-refractivity contribution in [3.8, 4) is 0 Å². The van der Waals surface area contributed by atoms with Crippen LogP contribution in [0.15, 0.2) is 0 Å². The minimum absolute atomic E-state index is 0.247. The van der Waals surface area contributed by atoms with Crippen LogP contribution in [0, 0.1) is 0 Å². The van der Waals surface area contributed by atoms with Gasteiger partial charge in [0.25, 0.3) is 0 Å². The number of primary amides is 1. The van der Waals surface area contributed by atoms with E-state index in [-0.39, 0.29) is 11.9 Å². The molecule has 1 saturated heterocycles. The molecule has 5 nitrogen and oxygen atoms in total. The maximum Gasteiger partial charge on any atom is 0.237 e. The minimum Gasteiger partial charge on any atom is -0.379 e. The SMILES string of the molecule is CC(C)NC(C)(CCN1CCOCC1)C(N)=O. The molecule has 17 heavy (non-hydrogen) atoms. The Labute approximate surface area is 104 Å².